The second-order valence-corrected chi connectivity index (χ2v) is 9.89. The van der Waals surface area contributed by atoms with E-state index in [1.165, 1.54) is 11.3 Å². The zero-order valence-corrected chi connectivity index (χ0v) is 19.9. The number of ether oxygens (including phenoxy) is 2. The van der Waals surface area contributed by atoms with Gasteiger partial charge >= 0.3 is 12.1 Å². The van der Waals surface area contributed by atoms with E-state index >= 15 is 0 Å². The molecule has 2 aromatic heterocycles. The Bertz CT molecular complexity index is 1260. The highest BCUT2D eigenvalue weighted by molar-refractivity contribution is 7.09. The summed E-state index contributed by atoms with van der Waals surface area (Å²) in [6, 6.07) is 7.71. The molecular formula is C24H26N4O4S. The van der Waals surface area contributed by atoms with Crippen molar-refractivity contribution in [1.82, 2.24) is 14.9 Å². The highest BCUT2D eigenvalue weighted by Crippen LogP contribution is 2.35. The van der Waals surface area contributed by atoms with Gasteiger partial charge in [0, 0.05) is 29.1 Å². The number of rotatable bonds is 5. The summed E-state index contributed by atoms with van der Waals surface area (Å²) in [5.74, 6) is -0.432. The second kappa shape index (κ2) is 8.87. The van der Waals surface area contributed by atoms with Crippen molar-refractivity contribution < 1.29 is 19.1 Å². The largest absolute Gasteiger partial charge is 0.461 e. The molecule has 2 heterocycles. The summed E-state index contributed by atoms with van der Waals surface area (Å²) in [7, 11) is 0. The number of carbonyl (C=O) groups is 2. The van der Waals surface area contributed by atoms with Crippen molar-refractivity contribution in [2.45, 2.75) is 58.7 Å². The van der Waals surface area contributed by atoms with Crippen LogP contribution in [0.15, 0.2) is 23.7 Å². The Hall–Kier alpha value is -3.38. The van der Waals surface area contributed by atoms with Crippen molar-refractivity contribution in [3.8, 4) is 6.07 Å². The Morgan fingerprint density at radius 1 is 1.33 bits per heavy atom. The first-order valence-electron chi connectivity index (χ1n) is 10.8. The van der Waals surface area contributed by atoms with Gasteiger partial charge in [-0.3, -0.25) is 0 Å². The maximum Gasteiger partial charge on any atom is 0.407 e. The van der Waals surface area contributed by atoms with E-state index in [1.807, 2.05) is 32.9 Å². The number of thiazole rings is 1. The molecule has 1 aromatic carbocycles. The van der Waals surface area contributed by atoms with Crippen LogP contribution in [0.1, 0.15) is 59.9 Å². The van der Waals surface area contributed by atoms with Crippen LogP contribution in [0.4, 0.5) is 4.79 Å². The van der Waals surface area contributed by atoms with E-state index in [1.54, 1.807) is 18.5 Å². The van der Waals surface area contributed by atoms with Crippen molar-refractivity contribution in [2.75, 3.05) is 6.61 Å². The van der Waals surface area contributed by atoms with Gasteiger partial charge in [-0.2, -0.15) is 5.26 Å². The summed E-state index contributed by atoms with van der Waals surface area (Å²) in [4.78, 5) is 29.7. The molecule has 0 fully saturated rings. The van der Waals surface area contributed by atoms with E-state index in [0.717, 1.165) is 27.0 Å². The number of alkyl carbamates (subject to hydrolysis) is 1. The molecule has 1 aliphatic carbocycles. The van der Waals surface area contributed by atoms with E-state index < -0.39 is 17.7 Å². The number of amides is 1. The summed E-state index contributed by atoms with van der Waals surface area (Å²) >= 11 is 1.41. The first kappa shape index (κ1) is 22.8. The predicted molar refractivity (Wildman–Crippen MR) is 124 cm³/mol. The number of hydrogen-bond acceptors (Lipinski definition) is 7. The van der Waals surface area contributed by atoms with Crippen LogP contribution in [-0.2, 0) is 28.9 Å². The molecule has 8 nitrogen and oxygen atoms in total. The molecule has 1 unspecified atom stereocenters. The Morgan fingerprint density at radius 3 is 2.82 bits per heavy atom. The Morgan fingerprint density at radius 2 is 2.12 bits per heavy atom. The molecule has 0 aliphatic heterocycles. The molecule has 1 atom stereocenters. The molecular weight excluding hydrogens is 440 g/mol. The molecule has 0 spiro atoms. The molecule has 9 heteroatoms. The van der Waals surface area contributed by atoms with Crippen LogP contribution in [0.2, 0.25) is 0 Å². The zero-order chi connectivity index (χ0) is 23.8. The third-order valence-corrected chi connectivity index (χ3v) is 6.26. The fraction of sp³-hybridized carbons (Fsp3) is 0.417. The van der Waals surface area contributed by atoms with Crippen LogP contribution in [0.25, 0.3) is 10.9 Å². The third kappa shape index (κ3) is 4.71. The lowest BCUT2D eigenvalue weighted by Crippen LogP contribution is -2.39. The van der Waals surface area contributed by atoms with E-state index in [-0.39, 0.29) is 12.6 Å². The number of benzene rings is 1. The molecule has 1 N–H and O–H groups in total. The summed E-state index contributed by atoms with van der Waals surface area (Å²) in [5.41, 5.74) is 5.14. The average molecular weight is 467 g/mol. The van der Waals surface area contributed by atoms with E-state index in [0.29, 0.717) is 30.6 Å². The van der Waals surface area contributed by atoms with Crippen molar-refractivity contribution in [3.63, 3.8) is 0 Å². The van der Waals surface area contributed by atoms with Gasteiger partial charge in [0.2, 0.25) is 0 Å². The quantitative estimate of drug-likeness (QED) is 0.565. The molecule has 3 aromatic rings. The van der Waals surface area contributed by atoms with Gasteiger partial charge in [-0.15, -0.1) is 11.3 Å². The minimum atomic E-state index is -0.575. The van der Waals surface area contributed by atoms with Crippen LogP contribution in [0, 0.1) is 11.3 Å². The number of carbonyl (C=O) groups excluding carboxylic acids is 2. The number of fused-ring (bicyclic) bond motifs is 3. The SMILES string of the molecule is CCOC(=O)c1ncsc1Cn1c2c(c3cc(C#N)ccc31)CC(NC(=O)OC(C)(C)C)C2. The fourth-order valence-electron chi connectivity index (χ4n) is 4.21. The molecule has 0 radical (unpaired) electrons. The van der Waals surface area contributed by atoms with E-state index in [9.17, 15) is 14.9 Å². The normalized spacial score (nSPS) is 15.2. The smallest absolute Gasteiger partial charge is 0.407 e. The summed E-state index contributed by atoms with van der Waals surface area (Å²) in [5, 5.41) is 13.4. The highest BCUT2D eigenvalue weighted by Gasteiger charge is 2.31. The lowest BCUT2D eigenvalue weighted by Gasteiger charge is -2.22. The van der Waals surface area contributed by atoms with Crippen molar-refractivity contribution in [2.24, 2.45) is 0 Å². The maximum absolute atomic E-state index is 12.3. The van der Waals surface area contributed by atoms with Crippen LogP contribution in [0.5, 0.6) is 0 Å². The Balaban J connectivity index is 1.68. The van der Waals surface area contributed by atoms with Crippen LogP contribution >= 0.6 is 11.3 Å². The number of esters is 1. The van der Waals surface area contributed by atoms with E-state index in [2.05, 4.69) is 20.9 Å². The predicted octanol–water partition coefficient (Wildman–Crippen LogP) is 4.19. The molecule has 0 saturated carbocycles. The first-order chi connectivity index (χ1) is 15.7. The Labute approximate surface area is 196 Å². The van der Waals surface area contributed by atoms with Gasteiger partial charge in [0.1, 0.15) is 5.60 Å². The lowest BCUT2D eigenvalue weighted by molar-refractivity contribution is 0.0500. The number of hydrogen-bond donors (Lipinski definition) is 1. The molecule has 4 rings (SSSR count). The Kier molecular flexibility index (Phi) is 6.13. The van der Waals surface area contributed by atoms with Gasteiger partial charge < -0.3 is 19.4 Å². The number of nitriles is 1. The highest BCUT2D eigenvalue weighted by atomic mass is 32.1. The van der Waals surface area contributed by atoms with Crippen LogP contribution < -0.4 is 5.32 Å². The molecule has 172 valence electrons. The number of nitrogens with one attached hydrogen (secondary N) is 1. The first-order valence-corrected chi connectivity index (χ1v) is 11.7. The monoisotopic (exact) mass is 466 g/mol. The van der Waals surface area contributed by atoms with Gasteiger partial charge in [0.05, 0.1) is 35.2 Å². The zero-order valence-electron chi connectivity index (χ0n) is 19.1. The summed E-state index contributed by atoms with van der Waals surface area (Å²) < 4.78 is 12.7. The molecule has 1 aliphatic rings. The standard InChI is InChI=1S/C24H26N4O4S/c1-5-31-22(29)21-20(33-13-26-21)12-28-18-7-6-14(11-25)8-16(18)17-9-15(10-19(17)28)27-23(30)32-24(2,3)4/h6-8,13,15H,5,9-10,12H2,1-4H3,(H,27,30). The second-order valence-electron chi connectivity index (χ2n) is 8.95. The number of aromatic nitrogens is 2. The number of nitrogens with zero attached hydrogens (tertiary/aromatic N) is 3. The maximum atomic E-state index is 12.3. The van der Waals surface area contributed by atoms with Crippen LogP contribution in [0.3, 0.4) is 0 Å². The van der Waals surface area contributed by atoms with Crippen molar-refractivity contribution >= 4 is 34.3 Å². The average Bonchev–Trinajstić information content (AvgIpc) is 3.42. The topological polar surface area (TPSA) is 106 Å². The lowest BCUT2D eigenvalue weighted by atomic mass is 10.1. The fourth-order valence-corrected chi connectivity index (χ4v) is 4.95. The van der Waals surface area contributed by atoms with Gasteiger partial charge in [0.15, 0.2) is 5.69 Å². The van der Waals surface area contributed by atoms with Gasteiger partial charge in [-0.1, -0.05) is 0 Å². The minimum Gasteiger partial charge on any atom is -0.461 e. The molecule has 0 saturated heterocycles. The molecule has 1 amide bonds. The van der Waals surface area contributed by atoms with Crippen LogP contribution in [-0.4, -0.2) is 39.9 Å². The van der Waals surface area contributed by atoms with Gasteiger partial charge in [-0.05, 0) is 57.9 Å². The van der Waals surface area contributed by atoms with Gasteiger partial charge in [0.25, 0.3) is 0 Å². The van der Waals surface area contributed by atoms with Crippen molar-refractivity contribution in [1.29, 1.82) is 5.26 Å². The van der Waals surface area contributed by atoms with Crippen molar-refractivity contribution in [3.05, 3.63) is 51.1 Å². The molecule has 0 bridgehead atoms. The third-order valence-electron chi connectivity index (χ3n) is 5.44. The van der Waals surface area contributed by atoms with Gasteiger partial charge in [-0.25, -0.2) is 14.6 Å². The summed E-state index contributed by atoms with van der Waals surface area (Å²) in [6.45, 7) is 7.99. The minimum absolute atomic E-state index is 0.114. The van der Waals surface area contributed by atoms with E-state index in [4.69, 9.17) is 9.47 Å². The molecule has 33 heavy (non-hydrogen) atoms. The summed E-state index contributed by atoms with van der Waals surface area (Å²) in [6.07, 6.45) is 0.817.